The number of nitrogens with zero attached hydrogens (tertiary/aromatic N) is 1. The standard InChI is InChI=1S/C20H33N3O3.HI/c1-17(18-8-4-3-5-9-18)25-13-6-11-22-20(21-2)23-12-7-14-26-19-10-15-24-16-19;/h3-5,8-9,17,19H,6-7,10-16H2,1-2H3,(H2,21,22,23);1H. The van der Waals surface area contributed by atoms with Gasteiger partial charge in [0.25, 0.3) is 0 Å². The van der Waals surface area contributed by atoms with Crippen LogP contribution in [0.1, 0.15) is 37.9 Å². The van der Waals surface area contributed by atoms with E-state index in [1.54, 1.807) is 7.05 Å². The summed E-state index contributed by atoms with van der Waals surface area (Å²) >= 11 is 0. The maximum atomic E-state index is 5.88. The molecule has 0 amide bonds. The number of ether oxygens (including phenoxy) is 3. The van der Waals surface area contributed by atoms with E-state index in [9.17, 15) is 0 Å². The van der Waals surface area contributed by atoms with E-state index >= 15 is 0 Å². The van der Waals surface area contributed by atoms with E-state index in [1.807, 2.05) is 18.2 Å². The van der Waals surface area contributed by atoms with E-state index in [2.05, 4.69) is 34.7 Å². The predicted molar refractivity (Wildman–Crippen MR) is 120 cm³/mol. The van der Waals surface area contributed by atoms with Crippen LogP contribution in [0.4, 0.5) is 0 Å². The number of guanidine groups is 1. The molecule has 2 unspecified atom stereocenters. The molecule has 0 aromatic heterocycles. The van der Waals surface area contributed by atoms with Gasteiger partial charge < -0.3 is 24.8 Å². The van der Waals surface area contributed by atoms with Gasteiger partial charge in [-0.15, -0.1) is 24.0 Å². The molecule has 0 radical (unpaired) electrons. The second-order valence-corrected chi connectivity index (χ2v) is 6.41. The van der Waals surface area contributed by atoms with Gasteiger partial charge in [0.05, 0.1) is 18.8 Å². The summed E-state index contributed by atoms with van der Waals surface area (Å²) in [4.78, 5) is 4.24. The molecule has 0 bridgehead atoms. The van der Waals surface area contributed by atoms with Crippen molar-refractivity contribution in [1.82, 2.24) is 10.6 Å². The van der Waals surface area contributed by atoms with Crippen molar-refractivity contribution in [3.63, 3.8) is 0 Å². The molecule has 2 N–H and O–H groups in total. The first-order valence-electron chi connectivity index (χ1n) is 9.60. The van der Waals surface area contributed by atoms with Gasteiger partial charge in [0.1, 0.15) is 0 Å². The van der Waals surface area contributed by atoms with E-state index in [4.69, 9.17) is 14.2 Å². The van der Waals surface area contributed by atoms with Crippen LogP contribution in [0.15, 0.2) is 35.3 Å². The number of benzene rings is 1. The van der Waals surface area contributed by atoms with Gasteiger partial charge in [-0.1, -0.05) is 30.3 Å². The molecule has 0 aliphatic carbocycles. The van der Waals surface area contributed by atoms with Crippen molar-refractivity contribution in [3.05, 3.63) is 35.9 Å². The molecule has 0 spiro atoms. The quantitative estimate of drug-likeness (QED) is 0.216. The topological polar surface area (TPSA) is 64.1 Å². The Morgan fingerprint density at radius 2 is 1.89 bits per heavy atom. The average molecular weight is 491 g/mol. The molecule has 7 heteroatoms. The van der Waals surface area contributed by atoms with Crippen LogP contribution >= 0.6 is 24.0 Å². The molecule has 1 aromatic carbocycles. The summed E-state index contributed by atoms with van der Waals surface area (Å²) in [5.74, 6) is 0.824. The summed E-state index contributed by atoms with van der Waals surface area (Å²) in [5.41, 5.74) is 1.21. The Hall–Kier alpha value is -0.900. The van der Waals surface area contributed by atoms with Crippen LogP contribution in [0.25, 0.3) is 0 Å². The zero-order valence-electron chi connectivity index (χ0n) is 16.5. The van der Waals surface area contributed by atoms with E-state index < -0.39 is 0 Å². The summed E-state index contributed by atoms with van der Waals surface area (Å²) in [6.45, 7) is 6.80. The third-order valence-corrected chi connectivity index (χ3v) is 4.33. The summed E-state index contributed by atoms with van der Waals surface area (Å²) < 4.78 is 16.9. The Balaban J connectivity index is 0.00000364. The summed E-state index contributed by atoms with van der Waals surface area (Å²) in [6, 6.07) is 10.3. The molecule has 1 fully saturated rings. The Morgan fingerprint density at radius 1 is 1.19 bits per heavy atom. The molecule has 154 valence electrons. The van der Waals surface area contributed by atoms with Crippen LogP contribution in [0.5, 0.6) is 0 Å². The van der Waals surface area contributed by atoms with Gasteiger partial charge in [-0.3, -0.25) is 4.99 Å². The second-order valence-electron chi connectivity index (χ2n) is 6.41. The third-order valence-electron chi connectivity index (χ3n) is 4.33. The Morgan fingerprint density at radius 3 is 2.52 bits per heavy atom. The zero-order valence-corrected chi connectivity index (χ0v) is 18.8. The van der Waals surface area contributed by atoms with Crippen molar-refractivity contribution >= 4 is 29.9 Å². The monoisotopic (exact) mass is 491 g/mol. The summed E-state index contributed by atoms with van der Waals surface area (Å²) in [7, 11) is 1.79. The fourth-order valence-electron chi connectivity index (χ4n) is 2.75. The molecular formula is C20H34IN3O3. The van der Waals surface area contributed by atoms with E-state index in [-0.39, 0.29) is 36.2 Å². The number of rotatable bonds is 11. The number of nitrogens with one attached hydrogen (secondary N) is 2. The number of aliphatic imine (C=N–C) groups is 1. The fourth-order valence-corrected chi connectivity index (χ4v) is 2.75. The molecule has 2 rings (SSSR count). The lowest BCUT2D eigenvalue weighted by Gasteiger charge is -2.15. The molecule has 6 nitrogen and oxygen atoms in total. The van der Waals surface area contributed by atoms with E-state index in [0.29, 0.717) is 0 Å². The van der Waals surface area contributed by atoms with Gasteiger partial charge in [-0.05, 0) is 31.7 Å². The molecule has 1 aromatic rings. The van der Waals surface area contributed by atoms with Crippen LogP contribution in [0.3, 0.4) is 0 Å². The van der Waals surface area contributed by atoms with Crippen LogP contribution in [0.2, 0.25) is 0 Å². The highest BCUT2D eigenvalue weighted by Crippen LogP contribution is 2.15. The van der Waals surface area contributed by atoms with Gasteiger partial charge in [0.2, 0.25) is 0 Å². The molecule has 1 saturated heterocycles. The lowest BCUT2D eigenvalue weighted by molar-refractivity contribution is 0.0420. The maximum absolute atomic E-state index is 5.88. The van der Waals surface area contributed by atoms with Crippen LogP contribution in [-0.4, -0.2) is 58.6 Å². The Kier molecular flexibility index (Phi) is 13.5. The molecule has 2 atom stereocenters. The SMILES string of the molecule is CN=C(NCCCOC1CCOC1)NCCCOC(C)c1ccccc1.I. The molecule has 1 heterocycles. The first-order chi connectivity index (χ1) is 12.8. The van der Waals surface area contributed by atoms with Gasteiger partial charge in [-0.2, -0.15) is 0 Å². The minimum atomic E-state index is 0. The first-order valence-corrected chi connectivity index (χ1v) is 9.60. The highest BCUT2D eigenvalue weighted by molar-refractivity contribution is 14.0. The highest BCUT2D eigenvalue weighted by atomic mass is 127. The lowest BCUT2D eigenvalue weighted by Crippen LogP contribution is -2.38. The van der Waals surface area contributed by atoms with Crippen molar-refractivity contribution in [2.75, 3.05) is 46.6 Å². The van der Waals surface area contributed by atoms with Gasteiger partial charge in [0.15, 0.2) is 5.96 Å². The van der Waals surface area contributed by atoms with E-state index in [1.165, 1.54) is 5.56 Å². The molecule has 27 heavy (non-hydrogen) atoms. The minimum Gasteiger partial charge on any atom is -0.379 e. The zero-order chi connectivity index (χ0) is 18.5. The number of hydrogen-bond acceptors (Lipinski definition) is 4. The van der Waals surface area contributed by atoms with Crippen LogP contribution < -0.4 is 10.6 Å². The minimum absolute atomic E-state index is 0. The van der Waals surface area contributed by atoms with Crippen molar-refractivity contribution in [3.8, 4) is 0 Å². The van der Waals surface area contributed by atoms with Gasteiger partial charge in [0, 0.05) is 40.0 Å². The average Bonchev–Trinajstić information content (AvgIpc) is 3.20. The molecular weight excluding hydrogens is 457 g/mol. The van der Waals surface area contributed by atoms with E-state index in [0.717, 1.165) is 64.7 Å². The second kappa shape index (κ2) is 15.1. The van der Waals surface area contributed by atoms with Gasteiger partial charge >= 0.3 is 0 Å². The summed E-state index contributed by atoms with van der Waals surface area (Å²) in [6.07, 6.45) is 3.31. The Bertz CT molecular complexity index is 510. The normalized spacial score (nSPS) is 18.0. The molecule has 0 saturated carbocycles. The van der Waals surface area contributed by atoms with Crippen LogP contribution in [-0.2, 0) is 14.2 Å². The first kappa shape index (κ1) is 24.1. The third kappa shape index (κ3) is 10.3. The number of hydrogen-bond donors (Lipinski definition) is 2. The smallest absolute Gasteiger partial charge is 0.190 e. The van der Waals surface area contributed by atoms with Crippen molar-refractivity contribution < 1.29 is 14.2 Å². The highest BCUT2D eigenvalue weighted by Gasteiger charge is 2.15. The Labute approximate surface area is 180 Å². The fraction of sp³-hybridized carbons (Fsp3) is 0.650. The van der Waals surface area contributed by atoms with Gasteiger partial charge in [-0.25, -0.2) is 0 Å². The number of halogens is 1. The largest absolute Gasteiger partial charge is 0.379 e. The van der Waals surface area contributed by atoms with Crippen molar-refractivity contribution in [2.24, 2.45) is 4.99 Å². The molecule has 1 aliphatic rings. The van der Waals surface area contributed by atoms with Crippen molar-refractivity contribution in [2.45, 2.75) is 38.4 Å². The summed E-state index contributed by atoms with van der Waals surface area (Å²) in [5, 5.41) is 6.62. The lowest BCUT2D eigenvalue weighted by atomic mass is 10.1. The predicted octanol–water partition coefficient (Wildman–Crippen LogP) is 3.13. The molecule has 1 aliphatic heterocycles. The van der Waals surface area contributed by atoms with Crippen molar-refractivity contribution in [1.29, 1.82) is 0 Å². The van der Waals surface area contributed by atoms with Crippen LogP contribution in [0, 0.1) is 0 Å². The maximum Gasteiger partial charge on any atom is 0.190 e.